The van der Waals surface area contributed by atoms with E-state index in [0.29, 0.717) is 5.41 Å². The van der Waals surface area contributed by atoms with Gasteiger partial charge in [0.25, 0.3) is 0 Å². The minimum atomic E-state index is -3.96. The molecule has 0 saturated carbocycles. The Bertz CT molecular complexity index is 92.1. The fourth-order valence-corrected chi connectivity index (χ4v) is 0. The Balaban J connectivity index is -0.000000138. The van der Waals surface area contributed by atoms with Gasteiger partial charge in [-0.1, -0.05) is 54.9 Å². The molecule has 0 spiro atoms. The van der Waals surface area contributed by atoms with Crippen molar-refractivity contribution in [2.75, 3.05) is 0 Å². The molecule has 0 amide bonds. The van der Waals surface area contributed by atoms with Crippen molar-refractivity contribution in [3.63, 3.8) is 0 Å². The van der Waals surface area contributed by atoms with Gasteiger partial charge in [0.05, 0.1) is 0 Å². The SMILES string of the molecule is CC(C)(C)C.CCC.CCC(F)(F)F. The van der Waals surface area contributed by atoms with Crippen LogP contribution in [0.1, 0.15) is 61.3 Å². The van der Waals surface area contributed by atoms with Crippen LogP contribution in [-0.4, -0.2) is 6.18 Å². The van der Waals surface area contributed by atoms with Crippen LogP contribution in [0.2, 0.25) is 0 Å². The minimum Gasteiger partial charge on any atom is -0.171 e. The molecule has 0 aliphatic heterocycles. The standard InChI is InChI=1S/C5H12.C3H5F3.C3H8/c1-5(2,3)4;1-2-3(4,5)6;1-3-2/h1-4H3;2H2,1H3;3H2,1-2H3. The predicted octanol–water partition coefficient (Wildman–Crippen LogP) is 5.43. The molecule has 0 aromatic carbocycles. The summed E-state index contributed by atoms with van der Waals surface area (Å²) in [6, 6.07) is 0. The highest BCUT2D eigenvalue weighted by Crippen LogP contribution is 2.17. The lowest BCUT2D eigenvalue weighted by Gasteiger charge is -2.05. The summed E-state index contributed by atoms with van der Waals surface area (Å²) < 4.78 is 32.4. The van der Waals surface area contributed by atoms with E-state index in [2.05, 4.69) is 41.5 Å². The van der Waals surface area contributed by atoms with Crippen molar-refractivity contribution in [3.05, 3.63) is 0 Å². The average molecular weight is 214 g/mol. The first kappa shape index (κ1) is 19.4. The van der Waals surface area contributed by atoms with Crippen LogP contribution in [0.3, 0.4) is 0 Å². The fourth-order valence-electron chi connectivity index (χ4n) is 0. The maximum Gasteiger partial charge on any atom is 0.388 e. The molecule has 0 aromatic heterocycles. The van der Waals surface area contributed by atoms with Crippen LogP contribution in [0, 0.1) is 5.41 Å². The minimum absolute atomic E-state index is 0.500. The number of rotatable bonds is 0. The molecular formula is C11H25F3. The van der Waals surface area contributed by atoms with Crippen LogP contribution >= 0.6 is 0 Å². The Hall–Kier alpha value is -0.210. The molecule has 0 radical (unpaired) electrons. The summed E-state index contributed by atoms with van der Waals surface area (Å²) in [5, 5.41) is 0. The second-order valence-electron chi connectivity index (χ2n) is 4.68. The molecule has 0 bridgehead atoms. The quantitative estimate of drug-likeness (QED) is 0.504. The average Bonchev–Trinajstić information content (AvgIpc) is 1.84. The highest BCUT2D eigenvalue weighted by Gasteiger charge is 2.22. The summed E-state index contributed by atoms with van der Waals surface area (Å²) in [4.78, 5) is 0. The van der Waals surface area contributed by atoms with Gasteiger partial charge in [0.2, 0.25) is 0 Å². The predicted molar refractivity (Wildman–Crippen MR) is 57.4 cm³/mol. The first-order chi connectivity index (χ1) is 5.97. The molecule has 0 rings (SSSR count). The Morgan fingerprint density at radius 2 is 0.857 bits per heavy atom. The lowest BCUT2D eigenvalue weighted by molar-refractivity contribution is -0.130. The molecule has 0 atom stereocenters. The summed E-state index contributed by atoms with van der Waals surface area (Å²) in [6.45, 7) is 14.1. The molecule has 0 saturated heterocycles. The molecule has 0 heterocycles. The Labute approximate surface area is 86.9 Å². The van der Waals surface area contributed by atoms with Gasteiger partial charge in [-0.3, -0.25) is 0 Å². The smallest absolute Gasteiger partial charge is 0.171 e. The molecule has 3 heteroatoms. The van der Waals surface area contributed by atoms with Crippen molar-refractivity contribution in [2.45, 2.75) is 67.5 Å². The van der Waals surface area contributed by atoms with Crippen LogP contribution in [0.25, 0.3) is 0 Å². The van der Waals surface area contributed by atoms with E-state index in [9.17, 15) is 13.2 Å². The largest absolute Gasteiger partial charge is 0.388 e. The van der Waals surface area contributed by atoms with E-state index in [4.69, 9.17) is 0 Å². The van der Waals surface area contributed by atoms with E-state index in [0.717, 1.165) is 6.92 Å². The third-order valence-corrected chi connectivity index (χ3v) is 0.401. The van der Waals surface area contributed by atoms with Crippen LogP contribution in [-0.2, 0) is 0 Å². The van der Waals surface area contributed by atoms with Gasteiger partial charge < -0.3 is 0 Å². The number of hydrogen-bond acceptors (Lipinski definition) is 0. The lowest BCUT2D eigenvalue weighted by Crippen LogP contribution is -2.02. The van der Waals surface area contributed by atoms with E-state index in [1.807, 2.05) is 0 Å². The summed E-state index contributed by atoms with van der Waals surface area (Å²) >= 11 is 0. The van der Waals surface area contributed by atoms with E-state index >= 15 is 0 Å². The van der Waals surface area contributed by atoms with Crippen molar-refractivity contribution in [1.29, 1.82) is 0 Å². The highest BCUT2D eigenvalue weighted by molar-refractivity contribution is 4.47. The fraction of sp³-hybridized carbons (Fsp3) is 1.00. The van der Waals surface area contributed by atoms with Crippen LogP contribution in [0.15, 0.2) is 0 Å². The highest BCUT2D eigenvalue weighted by atomic mass is 19.4. The summed E-state index contributed by atoms with van der Waals surface area (Å²) in [6.07, 6.45) is -3.44. The van der Waals surface area contributed by atoms with E-state index in [1.54, 1.807) is 0 Å². The van der Waals surface area contributed by atoms with Crippen molar-refractivity contribution in [2.24, 2.45) is 5.41 Å². The zero-order chi connectivity index (χ0) is 12.4. The molecule has 90 valence electrons. The van der Waals surface area contributed by atoms with Gasteiger partial charge in [-0.05, 0) is 5.41 Å². The van der Waals surface area contributed by atoms with E-state index in [1.165, 1.54) is 6.42 Å². The second kappa shape index (κ2) is 9.35. The molecule has 0 unspecified atom stereocenters. The number of hydrogen-bond donors (Lipinski definition) is 0. The normalized spacial score (nSPS) is 10.7. The molecular weight excluding hydrogens is 189 g/mol. The first-order valence-corrected chi connectivity index (χ1v) is 5.04. The van der Waals surface area contributed by atoms with Gasteiger partial charge in [-0.25, -0.2) is 0 Å². The van der Waals surface area contributed by atoms with Crippen molar-refractivity contribution >= 4 is 0 Å². The van der Waals surface area contributed by atoms with Crippen LogP contribution in [0.4, 0.5) is 13.2 Å². The topological polar surface area (TPSA) is 0 Å². The molecule has 0 fully saturated rings. The molecule has 0 nitrogen and oxygen atoms in total. The third-order valence-electron chi connectivity index (χ3n) is 0.401. The molecule has 0 aromatic rings. The van der Waals surface area contributed by atoms with Crippen molar-refractivity contribution in [3.8, 4) is 0 Å². The summed E-state index contributed by atoms with van der Waals surface area (Å²) in [5.74, 6) is 0. The van der Waals surface area contributed by atoms with Crippen LogP contribution in [0.5, 0.6) is 0 Å². The van der Waals surface area contributed by atoms with Gasteiger partial charge in [0, 0.05) is 6.42 Å². The molecule has 14 heavy (non-hydrogen) atoms. The zero-order valence-electron chi connectivity index (χ0n) is 10.5. The third kappa shape index (κ3) is 176. The summed E-state index contributed by atoms with van der Waals surface area (Å²) in [7, 11) is 0. The van der Waals surface area contributed by atoms with Gasteiger partial charge in [-0.2, -0.15) is 13.2 Å². The van der Waals surface area contributed by atoms with Crippen LogP contribution < -0.4 is 0 Å². The van der Waals surface area contributed by atoms with Gasteiger partial charge in [0.1, 0.15) is 0 Å². The number of halogens is 3. The van der Waals surface area contributed by atoms with E-state index in [-0.39, 0.29) is 0 Å². The molecule has 0 N–H and O–H groups in total. The van der Waals surface area contributed by atoms with Gasteiger partial charge in [0.15, 0.2) is 0 Å². The van der Waals surface area contributed by atoms with Gasteiger partial charge >= 0.3 is 6.18 Å². The first-order valence-electron chi connectivity index (χ1n) is 5.04. The molecule has 0 aliphatic rings. The lowest BCUT2D eigenvalue weighted by atomic mass is 10.0. The number of alkyl halides is 3. The Kier molecular flexibility index (Phi) is 12.9. The molecule has 0 aliphatic carbocycles. The van der Waals surface area contributed by atoms with Crippen molar-refractivity contribution in [1.82, 2.24) is 0 Å². The Morgan fingerprint density at radius 1 is 0.786 bits per heavy atom. The van der Waals surface area contributed by atoms with Gasteiger partial charge in [-0.15, -0.1) is 0 Å². The maximum atomic E-state index is 10.8. The van der Waals surface area contributed by atoms with E-state index < -0.39 is 12.6 Å². The summed E-state index contributed by atoms with van der Waals surface area (Å²) in [5.41, 5.74) is 0.500. The zero-order valence-corrected chi connectivity index (χ0v) is 10.5. The maximum absolute atomic E-state index is 10.8. The Morgan fingerprint density at radius 3 is 0.857 bits per heavy atom. The van der Waals surface area contributed by atoms with Crippen molar-refractivity contribution < 1.29 is 13.2 Å². The second-order valence-corrected chi connectivity index (χ2v) is 4.68. The monoisotopic (exact) mass is 214 g/mol.